The van der Waals surface area contributed by atoms with Crippen LogP contribution in [0.3, 0.4) is 0 Å². The first-order chi connectivity index (χ1) is 16.3. The van der Waals surface area contributed by atoms with Crippen LogP contribution in [0.25, 0.3) is 33.5 Å². The molecule has 2 aromatic heterocycles. The Labute approximate surface area is 195 Å². The average Bonchev–Trinajstić information content (AvgIpc) is 3.41. The molecule has 0 fully saturated rings. The topological polar surface area (TPSA) is 130 Å². The molecule has 2 heterocycles. The number of imidazole rings is 2. The minimum atomic E-state index is -0.527. The van der Waals surface area contributed by atoms with Crippen molar-refractivity contribution in [3.63, 3.8) is 0 Å². The summed E-state index contributed by atoms with van der Waals surface area (Å²) in [5, 5.41) is 3.09. The van der Waals surface area contributed by atoms with Gasteiger partial charge in [0.1, 0.15) is 17.2 Å². The minimum absolute atomic E-state index is 0.173. The summed E-state index contributed by atoms with van der Waals surface area (Å²) in [6.45, 7) is 3.94. The fourth-order valence-corrected chi connectivity index (χ4v) is 4.08. The number of H-pyrrole nitrogens is 2. The van der Waals surface area contributed by atoms with Gasteiger partial charge >= 0.3 is 0 Å². The molecule has 3 aromatic carbocycles. The molecule has 0 saturated heterocycles. The number of amides is 2. The quantitative estimate of drug-likeness (QED) is 0.311. The van der Waals surface area contributed by atoms with Gasteiger partial charge in [-0.25, -0.2) is 9.97 Å². The first-order valence-corrected chi connectivity index (χ1v) is 10.9. The summed E-state index contributed by atoms with van der Waals surface area (Å²) in [6, 6.07) is 20.2. The van der Waals surface area contributed by atoms with Crippen molar-refractivity contribution < 1.29 is 9.59 Å². The Hall–Kier alpha value is -4.46. The van der Waals surface area contributed by atoms with Gasteiger partial charge in [0.05, 0.1) is 22.1 Å². The van der Waals surface area contributed by atoms with Gasteiger partial charge in [-0.2, -0.15) is 0 Å². The van der Waals surface area contributed by atoms with Crippen LogP contribution in [0, 0.1) is 0 Å². The molecule has 0 aliphatic carbocycles. The molecule has 0 spiro atoms. The Morgan fingerprint density at radius 1 is 0.912 bits per heavy atom. The van der Waals surface area contributed by atoms with Crippen LogP contribution < -0.4 is 11.1 Å². The van der Waals surface area contributed by atoms with E-state index in [-0.39, 0.29) is 5.91 Å². The van der Waals surface area contributed by atoms with E-state index in [0.29, 0.717) is 28.9 Å². The summed E-state index contributed by atoms with van der Waals surface area (Å²) in [5.74, 6) is 0.720. The van der Waals surface area contributed by atoms with Crippen LogP contribution in [0.4, 0.5) is 0 Å². The van der Waals surface area contributed by atoms with E-state index in [1.807, 2.05) is 56.3 Å². The molecule has 34 heavy (non-hydrogen) atoms. The smallest absolute Gasteiger partial charge is 0.251 e. The second-order valence-electron chi connectivity index (χ2n) is 8.94. The molecule has 0 aliphatic rings. The lowest BCUT2D eigenvalue weighted by Gasteiger charge is -2.25. The van der Waals surface area contributed by atoms with Crippen LogP contribution in [0.1, 0.15) is 40.4 Å². The van der Waals surface area contributed by atoms with Crippen LogP contribution in [0.15, 0.2) is 66.7 Å². The number of hydrogen-bond donors (Lipinski definition) is 4. The number of primary amides is 1. The van der Waals surface area contributed by atoms with Crippen molar-refractivity contribution in [1.82, 2.24) is 25.3 Å². The number of carbonyl (C=O) groups is 2. The summed E-state index contributed by atoms with van der Waals surface area (Å²) in [7, 11) is 0. The normalized spacial score (nSPS) is 11.7. The molecule has 2 amide bonds. The lowest BCUT2D eigenvalue weighted by atomic mass is 9.99. The number of aromatic nitrogens is 4. The SMILES string of the molecule is CC(C)(Cc1nc2ccccc2[nH]1)NC(=O)c1ccc(-c2nc3c(C(N)=O)cccc3[nH]2)cc1. The fraction of sp³-hybridized carbons (Fsp3) is 0.154. The molecule has 5 rings (SSSR count). The standard InChI is InChI=1S/C26H24N6O2/c1-26(2,14-21-28-18-7-3-4-8-19(18)29-21)32-25(34)16-12-10-15(11-13-16)24-30-20-9-5-6-17(23(27)33)22(20)31-24/h3-13H,14H2,1-2H3,(H2,27,33)(H,28,29)(H,30,31)(H,32,34). The third kappa shape index (κ3) is 4.13. The van der Waals surface area contributed by atoms with Gasteiger partial charge in [0.2, 0.25) is 0 Å². The monoisotopic (exact) mass is 452 g/mol. The third-order valence-electron chi connectivity index (χ3n) is 5.70. The maximum atomic E-state index is 12.9. The predicted octanol–water partition coefficient (Wildman–Crippen LogP) is 3.96. The number of benzene rings is 3. The number of aromatic amines is 2. The van der Waals surface area contributed by atoms with Crippen molar-refractivity contribution in [3.05, 3.63) is 83.7 Å². The average molecular weight is 453 g/mol. The molecule has 0 atom stereocenters. The maximum absolute atomic E-state index is 12.9. The van der Waals surface area contributed by atoms with Crippen LogP contribution in [0.2, 0.25) is 0 Å². The van der Waals surface area contributed by atoms with Crippen LogP contribution >= 0.6 is 0 Å². The Kier molecular flexibility index (Phi) is 5.13. The predicted molar refractivity (Wildman–Crippen MR) is 131 cm³/mol. The number of nitrogens with zero attached hydrogens (tertiary/aromatic N) is 2. The zero-order valence-electron chi connectivity index (χ0n) is 18.8. The number of fused-ring (bicyclic) bond motifs is 2. The summed E-state index contributed by atoms with van der Waals surface area (Å²) in [6.07, 6.45) is 0.562. The van der Waals surface area contributed by atoms with Gasteiger partial charge in [-0.05, 0) is 50.2 Å². The molecule has 0 bridgehead atoms. The van der Waals surface area contributed by atoms with Crippen molar-refractivity contribution in [1.29, 1.82) is 0 Å². The number of nitrogens with one attached hydrogen (secondary N) is 3. The number of para-hydroxylation sites is 3. The molecule has 0 radical (unpaired) electrons. The van der Waals surface area contributed by atoms with Gasteiger partial charge in [-0.15, -0.1) is 0 Å². The first kappa shape index (κ1) is 21.4. The lowest BCUT2D eigenvalue weighted by Crippen LogP contribution is -2.45. The molecular formula is C26H24N6O2. The molecule has 0 unspecified atom stereocenters. The van der Waals surface area contributed by atoms with Gasteiger partial charge in [0.25, 0.3) is 11.8 Å². The molecule has 0 aliphatic heterocycles. The molecule has 170 valence electrons. The first-order valence-electron chi connectivity index (χ1n) is 10.9. The number of rotatable bonds is 6. The van der Waals surface area contributed by atoms with Crippen LogP contribution in [0.5, 0.6) is 0 Å². The lowest BCUT2D eigenvalue weighted by molar-refractivity contribution is 0.0911. The van der Waals surface area contributed by atoms with E-state index in [4.69, 9.17) is 5.73 Å². The Balaban J connectivity index is 1.32. The highest BCUT2D eigenvalue weighted by molar-refractivity contribution is 6.04. The number of nitrogens with two attached hydrogens (primary N) is 1. The molecule has 5 aromatic rings. The molecule has 0 saturated carbocycles. The molecular weight excluding hydrogens is 428 g/mol. The highest BCUT2D eigenvalue weighted by Gasteiger charge is 2.23. The van der Waals surface area contributed by atoms with E-state index in [1.54, 1.807) is 24.3 Å². The second kappa shape index (κ2) is 8.15. The molecule has 5 N–H and O–H groups in total. The molecule has 8 heteroatoms. The van der Waals surface area contributed by atoms with E-state index in [0.717, 1.165) is 27.9 Å². The Morgan fingerprint density at radius 3 is 2.38 bits per heavy atom. The highest BCUT2D eigenvalue weighted by atomic mass is 16.2. The van der Waals surface area contributed by atoms with E-state index >= 15 is 0 Å². The zero-order chi connectivity index (χ0) is 23.9. The summed E-state index contributed by atoms with van der Waals surface area (Å²) < 4.78 is 0. The van der Waals surface area contributed by atoms with Crippen LogP contribution in [-0.2, 0) is 6.42 Å². The van der Waals surface area contributed by atoms with E-state index in [1.165, 1.54) is 0 Å². The van der Waals surface area contributed by atoms with Crippen molar-refractivity contribution in [2.24, 2.45) is 5.73 Å². The van der Waals surface area contributed by atoms with Gasteiger partial charge in [0, 0.05) is 23.1 Å². The largest absolute Gasteiger partial charge is 0.366 e. The van der Waals surface area contributed by atoms with Crippen molar-refractivity contribution >= 4 is 33.9 Å². The van der Waals surface area contributed by atoms with Crippen LogP contribution in [-0.4, -0.2) is 37.3 Å². The van der Waals surface area contributed by atoms with Crippen molar-refractivity contribution in [2.45, 2.75) is 25.8 Å². The third-order valence-corrected chi connectivity index (χ3v) is 5.70. The van der Waals surface area contributed by atoms with Crippen molar-refractivity contribution in [2.75, 3.05) is 0 Å². The summed E-state index contributed by atoms with van der Waals surface area (Å²) >= 11 is 0. The maximum Gasteiger partial charge on any atom is 0.251 e. The highest BCUT2D eigenvalue weighted by Crippen LogP contribution is 2.23. The minimum Gasteiger partial charge on any atom is -0.366 e. The number of hydrogen-bond acceptors (Lipinski definition) is 4. The fourth-order valence-electron chi connectivity index (χ4n) is 4.08. The molecule has 8 nitrogen and oxygen atoms in total. The van der Waals surface area contributed by atoms with Gasteiger partial charge in [0.15, 0.2) is 0 Å². The van der Waals surface area contributed by atoms with Gasteiger partial charge in [-0.3, -0.25) is 9.59 Å². The zero-order valence-corrected chi connectivity index (χ0v) is 18.8. The number of carbonyl (C=O) groups excluding carboxylic acids is 2. The van der Waals surface area contributed by atoms with E-state index in [2.05, 4.69) is 25.3 Å². The Bertz CT molecular complexity index is 1500. The Morgan fingerprint density at radius 2 is 1.65 bits per heavy atom. The van der Waals surface area contributed by atoms with E-state index < -0.39 is 11.4 Å². The van der Waals surface area contributed by atoms with E-state index in [9.17, 15) is 9.59 Å². The van der Waals surface area contributed by atoms with Gasteiger partial charge in [-0.1, -0.05) is 30.3 Å². The van der Waals surface area contributed by atoms with Gasteiger partial charge < -0.3 is 21.0 Å². The summed E-state index contributed by atoms with van der Waals surface area (Å²) in [5.41, 5.74) is 9.78. The van der Waals surface area contributed by atoms with Crippen molar-refractivity contribution in [3.8, 4) is 11.4 Å². The second-order valence-corrected chi connectivity index (χ2v) is 8.94. The summed E-state index contributed by atoms with van der Waals surface area (Å²) in [4.78, 5) is 40.2.